The first-order valence-electron chi connectivity index (χ1n) is 7.66. The molecule has 1 unspecified atom stereocenters. The number of anilines is 1. The van der Waals surface area contributed by atoms with E-state index in [-0.39, 0.29) is 29.6 Å². The van der Waals surface area contributed by atoms with E-state index in [1.165, 1.54) is 29.3 Å². The molecule has 0 fully saturated rings. The largest absolute Gasteiger partial charge is 0.443 e. The lowest BCUT2D eigenvalue weighted by atomic mass is 10.1. The number of amides is 1. The molecule has 0 spiro atoms. The molecular weight excluding hydrogens is 349 g/mol. The third-order valence-corrected chi connectivity index (χ3v) is 3.46. The minimum absolute atomic E-state index is 0.0165. The Labute approximate surface area is 150 Å². The summed E-state index contributed by atoms with van der Waals surface area (Å²) in [5.74, 6) is 0.195. The van der Waals surface area contributed by atoms with Gasteiger partial charge in [-0.1, -0.05) is 11.6 Å². The van der Waals surface area contributed by atoms with E-state index in [0.29, 0.717) is 11.9 Å². The zero-order chi connectivity index (χ0) is 18.6. The highest BCUT2D eigenvalue weighted by Crippen LogP contribution is 2.22. The van der Waals surface area contributed by atoms with Gasteiger partial charge in [0.2, 0.25) is 0 Å². The van der Waals surface area contributed by atoms with Gasteiger partial charge in [0.1, 0.15) is 22.7 Å². The van der Waals surface area contributed by atoms with Crippen molar-refractivity contribution in [2.24, 2.45) is 4.99 Å². The number of halogens is 2. The first-order valence-corrected chi connectivity index (χ1v) is 8.04. The summed E-state index contributed by atoms with van der Waals surface area (Å²) in [5, 5.41) is -0.0317. The van der Waals surface area contributed by atoms with Crippen molar-refractivity contribution in [2.75, 3.05) is 18.0 Å². The van der Waals surface area contributed by atoms with Gasteiger partial charge in [-0.25, -0.2) is 14.2 Å². The molecule has 0 saturated carbocycles. The Bertz CT molecular complexity index is 728. The fourth-order valence-electron chi connectivity index (χ4n) is 2.10. The molecule has 134 valence electrons. The third kappa shape index (κ3) is 5.35. The van der Waals surface area contributed by atoms with Crippen LogP contribution in [-0.4, -0.2) is 48.4 Å². The molecule has 1 aliphatic heterocycles. The summed E-state index contributed by atoms with van der Waals surface area (Å²) in [7, 11) is 0. The van der Waals surface area contributed by atoms with E-state index >= 15 is 0 Å². The molecule has 0 N–H and O–H groups in total. The lowest BCUT2D eigenvalue weighted by molar-refractivity contribution is 0.0582. The lowest BCUT2D eigenvalue weighted by Gasteiger charge is -2.27. The summed E-state index contributed by atoms with van der Waals surface area (Å²) >= 11 is 5.96. The number of aliphatic imine (C=N–C) groups is 1. The molecule has 25 heavy (non-hydrogen) atoms. The van der Waals surface area contributed by atoms with Crippen LogP contribution in [0.25, 0.3) is 0 Å². The van der Waals surface area contributed by atoms with Crippen molar-refractivity contribution in [3.63, 3.8) is 0 Å². The molecule has 0 aromatic carbocycles. The Morgan fingerprint density at radius 3 is 2.76 bits per heavy atom. The lowest BCUT2D eigenvalue weighted by Crippen LogP contribution is -2.39. The highest BCUT2D eigenvalue weighted by molar-refractivity contribution is 6.31. The molecular formula is C17H19ClFN3O3. The average Bonchev–Trinajstić information content (AvgIpc) is 2.51. The number of alkyl halides is 1. The highest BCUT2D eigenvalue weighted by Gasteiger charge is 2.26. The SMILES string of the molecule is CC(C)(C)OC(=O)N(CC1=CC(F)CN=C1)c1ccc(C=O)c(Cl)n1. The first kappa shape index (κ1) is 19.1. The van der Waals surface area contributed by atoms with Gasteiger partial charge >= 0.3 is 6.09 Å². The van der Waals surface area contributed by atoms with Gasteiger partial charge in [-0.05, 0) is 44.6 Å². The maximum atomic E-state index is 13.5. The molecule has 1 aromatic heterocycles. The minimum Gasteiger partial charge on any atom is -0.443 e. The molecule has 1 aromatic rings. The number of pyridine rings is 1. The summed E-state index contributed by atoms with van der Waals surface area (Å²) in [6.07, 6.45) is 1.61. The van der Waals surface area contributed by atoms with Crippen LogP contribution in [-0.2, 0) is 4.74 Å². The maximum Gasteiger partial charge on any atom is 0.416 e. The van der Waals surface area contributed by atoms with Gasteiger partial charge in [0.25, 0.3) is 0 Å². The number of hydrogen-bond acceptors (Lipinski definition) is 5. The van der Waals surface area contributed by atoms with Gasteiger partial charge in [0.15, 0.2) is 6.29 Å². The highest BCUT2D eigenvalue weighted by atomic mass is 35.5. The van der Waals surface area contributed by atoms with Crippen molar-refractivity contribution in [3.05, 3.63) is 34.5 Å². The molecule has 0 radical (unpaired) electrons. The smallest absolute Gasteiger partial charge is 0.416 e. The van der Waals surface area contributed by atoms with Gasteiger partial charge in [0.05, 0.1) is 18.7 Å². The summed E-state index contributed by atoms with van der Waals surface area (Å²) in [5.41, 5.74) is -0.00157. The van der Waals surface area contributed by atoms with Gasteiger partial charge in [-0.2, -0.15) is 0 Å². The van der Waals surface area contributed by atoms with Crippen molar-refractivity contribution < 1.29 is 18.7 Å². The van der Waals surface area contributed by atoms with Crippen LogP contribution < -0.4 is 4.90 Å². The molecule has 1 atom stereocenters. The van der Waals surface area contributed by atoms with E-state index in [2.05, 4.69) is 9.98 Å². The fourth-order valence-corrected chi connectivity index (χ4v) is 2.30. The molecule has 2 heterocycles. The Balaban J connectivity index is 2.34. The van der Waals surface area contributed by atoms with E-state index in [4.69, 9.17) is 16.3 Å². The Kier molecular flexibility index (Phi) is 5.89. The molecule has 1 amide bonds. The summed E-state index contributed by atoms with van der Waals surface area (Å²) in [6, 6.07) is 2.93. The number of hydrogen-bond donors (Lipinski definition) is 0. The zero-order valence-corrected chi connectivity index (χ0v) is 15.0. The van der Waals surface area contributed by atoms with Crippen molar-refractivity contribution >= 4 is 36.0 Å². The van der Waals surface area contributed by atoms with E-state index < -0.39 is 17.9 Å². The number of carbonyl (C=O) groups is 2. The summed E-state index contributed by atoms with van der Waals surface area (Å²) in [4.78, 5) is 32.7. The van der Waals surface area contributed by atoms with E-state index in [9.17, 15) is 14.0 Å². The van der Waals surface area contributed by atoms with Crippen LogP contribution in [0.1, 0.15) is 31.1 Å². The van der Waals surface area contributed by atoms with Crippen LogP contribution in [0.5, 0.6) is 0 Å². The van der Waals surface area contributed by atoms with Crippen molar-refractivity contribution in [1.82, 2.24) is 4.98 Å². The number of dihydropyridines is 1. The molecule has 6 nitrogen and oxygen atoms in total. The second-order valence-electron chi connectivity index (χ2n) is 6.49. The normalized spacial score (nSPS) is 17.0. The van der Waals surface area contributed by atoms with Crippen LogP contribution in [0.4, 0.5) is 15.0 Å². The Hall–Kier alpha value is -2.28. The van der Waals surface area contributed by atoms with Crippen LogP contribution in [0.15, 0.2) is 28.8 Å². The van der Waals surface area contributed by atoms with Crippen LogP contribution in [0.2, 0.25) is 5.15 Å². The Morgan fingerprint density at radius 2 is 2.20 bits per heavy atom. The minimum atomic E-state index is -1.20. The molecule has 2 rings (SSSR count). The summed E-state index contributed by atoms with van der Waals surface area (Å²) < 4.78 is 18.9. The second-order valence-corrected chi connectivity index (χ2v) is 6.84. The fraction of sp³-hybridized carbons (Fsp3) is 0.412. The zero-order valence-electron chi connectivity index (χ0n) is 14.2. The van der Waals surface area contributed by atoms with Crippen molar-refractivity contribution in [2.45, 2.75) is 32.5 Å². The Morgan fingerprint density at radius 1 is 1.48 bits per heavy atom. The average molecular weight is 368 g/mol. The van der Waals surface area contributed by atoms with Crippen LogP contribution >= 0.6 is 11.6 Å². The van der Waals surface area contributed by atoms with E-state index in [1.807, 2.05) is 0 Å². The molecule has 8 heteroatoms. The summed E-state index contributed by atoms with van der Waals surface area (Å²) in [6.45, 7) is 5.28. The number of nitrogens with zero attached hydrogens (tertiary/aromatic N) is 3. The molecule has 1 aliphatic rings. The predicted octanol–water partition coefficient (Wildman–Crippen LogP) is 3.64. The number of carbonyl (C=O) groups excluding carboxylic acids is 2. The predicted molar refractivity (Wildman–Crippen MR) is 94.6 cm³/mol. The van der Waals surface area contributed by atoms with Gasteiger partial charge < -0.3 is 4.74 Å². The van der Waals surface area contributed by atoms with E-state index in [1.54, 1.807) is 20.8 Å². The maximum absolute atomic E-state index is 13.5. The first-order chi connectivity index (χ1) is 11.7. The number of rotatable bonds is 4. The number of ether oxygens (including phenoxy) is 1. The topological polar surface area (TPSA) is 71.9 Å². The standard InChI is InChI=1S/C17H19ClFN3O3/c1-17(2,3)25-16(24)22(9-11-6-13(19)8-20-7-11)14-5-4-12(10-23)15(18)21-14/h4-7,10,13H,8-9H2,1-3H3. The van der Waals surface area contributed by atoms with E-state index in [0.717, 1.165) is 0 Å². The molecule has 0 saturated heterocycles. The van der Waals surface area contributed by atoms with Crippen molar-refractivity contribution in [3.8, 4) is 0 Å². The number of aromatic nitrogens is 1. The van der Waals surface area contributed by atoms with Gasteiger partial charge in [-0.15, -0.1) is 0 Å². The van der Waals surface area contributed by atoms with Crippen LogP contribution in [0.3, 0.4) is 0 Å². The van der Waals surface area contributed by atoms with Gasteiger partial charge in [0, 0.05) is 6.21 Å². The van der Waals surface area contributed by atoms with Crippen LogP contribution in [0, 0.1) is 0 Å². The van der Waals surface area contributed by atoms with Gasteiger partial charge in [-0.3, -0.25) is 14.7 Å². The molecule has 0 aliphatic carbocycles. The third-order valence-electron chi connectivity index (χ3n) is 3.15. The van der Waals surface area contributed by atoms with Crippen molar-refractivity contribution in [1.29, 1.82) is 0 Å². The number of aldehydes is 1. The quantitative estimate of drug-likeness (QED) is 0.601. The molecule has 0 bridgehead atoms. The second kappa shape index (κ2) is 7.74. The monoisotopic (exact) mass is 367 g/mol.